The van der Waals surface area contributed by atoms with Crippen molar-refractivity contribution >= 4 is 34.7 Å². The van der Waals surface area contributed by atoms with Crippen LogP contribution >= 0.6 is 0 Å². The molecule has 0 unspecified atom stereocenters. The fourth-order valence-electron chi connectivity index (χ4n) is 4.43. The first kappa shape index (κ1) is 27.4. The van der Waals surface area contributed by atoms with Crippen LogP contribution in [-0.2, 0) is 16.1 Å². The lowest BCUT2D eigenvalue weighted by atomic mass is 10.1. The number of hydrogen-bond acceptors (Lipinski definition) is 6. The molecule has 0 saturated carbocycles. The van der Waals surface area contributed by atoms with Gasteiger partial charge in [-0.2, -0.15) is 0 Å². The number of anilines is 3. The van der Waals surface area contributed by atoms with Crippen molar-refractivity contribution in [1.29, 1.82) is 0 Å². The van der Waals surface area contributed by atoms with Crippen molar-refractivity contribution in [3.63, 3.8) is 0 Å². The van der Waals surface area contributed by atoms with Crippen molar-refractivity contribution in [2.45, 2.75) is 19.3 Å². The minimum atomic E-state index is -0.295. The van der Waals surface area contributed by atoms with Crippen LogP contribution in [0, 0.1) is 4.91 Å². The molecule has 0 aromatic heterocycles. The number of nitrogens with one attached hydrogen (secondary N) is 2. The first-order valence-corrected chi connectivity index (χ1v) is 12.9. The molecule has 0 radical (unpaired) electrons. The molecule has 0 spiro atoms. The summed E-state index contributed by atoms with van der Waals surface area (Å²) in [6.07, 6.45) is 2.15. The summed E-state index contributed by atoms with van der Waals surface area (Å²) in [6.45, 7) is 2.34. The topological polar surface area (TPSA) is 103 Å². The van der Waals surface area contributed by atoms with E-state index in [1.54, 1.807) is 17.0 Å². The van der Waals surface area contributed by atoms with Gasteiger partial charge in [0.05, 0.1) is 18.1 Å². The van der Waals surface area contributed by atoms with E-state index < -0.39 is 0 Å². The summed E-state index contributed by atoms with van der Waals surface area (Å²) >= 11 is 0. The maximum absolute atomic E-state index is 12.9. The van der Waals surface area contributed by atoms with Crippen LogP contribution < -0.4 is 20.3 Å². The molecule has 39 heavy (non-hydrogen) atoms. The van der Waals surface area contributed by atoms with Gasteiger partial charge in [0.1, 0.15) is 11.4 Å². The summed E-state index contributed by atoms with van der Waals surface area (Å²) in [5.74, 6) is 0.479. The summed E-state index contributed by atoms with van der Waals surface area (Å²) in [7, 11) is 2.75. The second-order valence-corrected chi connectivity index (χ2v) is 9.16. The fourth-order valence-corrected chi connectivity index (χ4v) is 4.43. The smallest absolute Gasteiger partial charge is 0.343 e. The maximum atomic E-state index is 12.9. The highest BCUT2D eigenvalue weighted by Crippen LogP contribution is 2.30. The van der Waals surface area contributed by atoms with Crippen LogP contribution in [0.1, 0.15) is 18.4 Å². The highest BCUT2D eigenvalue weighted by atomic mass is 16.8. The third-order valence-corrected chi connectivity index (χ3v) is 6.60. The summed E-state index contributed by atoms with van der Waals surface area (Å²) in [5, 5.41) is 5.77. The Kier molecular flexibility index (Phi) is 9.34. The van der Waals surface area contributed by atoms with E-state index in [1.165, 1.54) is 25.8 Å². The molecule has 3 aromatic carbocycles. The lowest BCUT2D eigenvalue weighted by molar-refractivity contribution is -0.736. The number of ether oxygens (including phenoxy) is 1. The molecule has 3 aromatic rings. The number of amides is 3. The van der Waals surface area contributed by atoms with Crippen molar-refractivity contribution in [3.8, 4) is 5.75 Å². The Hall–Kier alpha value is -4.60. The number of piperazine rings is 1. The van der Waals surface area contributed by atoms with Crippen LogP contribution in [0.25, 0.3) is 0 Å². The van der Waals surface area contributed by atoms with E-state index in [1.807, 2.05) is 42.5 Å². The average molecular weight is 533 g/mol. The Morgan fingerprint density at radius 2 is 1.62 bits per heavy atom. The van der Waals surface area contributed by atoms with Gasteiger partial charge >= 0.3 is 11.7 Å². The number of methoxy groups -OCH3 is 1. The first-order chi connectivity index (χ1) is 19.0. The second kappa shape index (κ2) is 13.3. The summed E-state index contributed by atoms with van der Waals surface area (Å²) in [5.41, 5.74) is 3.50. The SMILES string of the molecule is COc1ccc(NC(=O)N2CCN(c3ccc(NC(=O)CCCc4ccccc4)cc3)CC2)c([N+](=O)OC)c1. The van der Waals surface area contributed by atoms with E-state index in [9.17, 15) is 14.5 Å². The Bertz CT molecular complexity index is 1270. The monoisotopic (exact) mass is 532 g/mol. The van der Waals surface area contributed by atoms with Crippen molar-refractivity contribution in [2.24, 2.45) is 0 Å². The molecule has 1 aliphatic rings. The van der Waals surface area contributed by atoms with E-state index in [0.29, 0.717) is 49.0 Å². The summed E-state index contributed by atoms with van der Waals surface area (Å²) in [6, 6.07) is 22.4. The Labute approximate surface area is 228 Å². The molecule has 2 N–H and O–H groups in total. The molecule has 1 fully saturated rings. The van der Waals surface area contributed by atoms with Crippen LogP contribution in [0.2, 0.25) is 0 Å². The van der Waals surface area contributed by atoms with Crippen LogP contribution in [0.4, 0.5) is 27.5 Å². The van der Waals surface area contributed by atoms with E-state index in [2.05, 4.69) is 27.7 Å². The first-order valence-electron chi connectivity index (χ1n) is 12.9. The minimum Gasteiger partial charge on any atom is -0.496 e. The van der Waals surface area contributed by atoms with Gasteiger partial charge in [-0.25, -0.2) is 9.63 Å². The van der Waals surface area contributed by atoms with Gasteiger partial charge in [-0.05, 0) is 54.8 Å². The molecule has 0 bridgehead atoms. The van der Waals surface area contributed by atoms with E-state index >= 15 is 0 Å². The molecule has 0 aliphatic carbocycles. The molecule has 3 amide bonds. The van der Waals surface area contributed by atoms with Gasteiger partial charge in [0, 0.05) is 44.0 Å². The molecule has 1 aliphatic heterocycles. The average Bonchev–Trinajstić information content (AvgIpc) is 2.98. The quantitative estimate of drug-likeness (QED) is 0.357. The van der Waals surface area contributed by atoms with Gasteiger partial charge in [0.15, 0.2) is 7.11 Å². The molecular formula is C29H34N5O5+. The standard InChI is InChI=1S/C29H33N5O5/c1-38-25-15-16-26(27(21-25)34(37)39-2)31-29(36)33-19-17-32(18-20-33)24-13-11-23(12-14-24)30-28(35)10-6-9-22-7-4-3-5-8-22/h3-5,7-8,11-16,21H,6,9-10,17-20H2,1-2H3,(H-,30,31,35,36,37)/p+1. The largest absolute Gasteiger partial charge is 0.496 e. The number of nitrogens with zero attached hydrogens (tertiary/aromatic N) is 3. The van der Waals surface area contributed by atoms with Gasteiger partial charge in [-0.1, -0.05) is 30.3 Å². The molecule has 4 rings (SSSR count). The Balaban J connectivity index is 1.24. The van der Waals surface area contributed by atoms with Crippen LogP contribution in [-0.4, -0.2) is 62.2 Å². The zero-order valence-electron chi connectivity index (χ0n) is 22.3. The molecule has 10 nitrogen and oxygen atoms in total. The van der Waals surface area contributed by atoms with Crippen LogP contribution in [0.15, 0.2) is 72.8 Å². The predicted octanol–water partition coefficient (Wildman–Crippen LogP) is 4.98. The normalized spacial score (nSPS) is 13.0. The van der Waals surface area contributed by atoms with Gasteiger partial charge in [-0.3, -0.25) is 4.79 Å². The van der Waals surface area contributed by atoms with E-state index in [4.69, 9.17) is 9.57 Å². The van der Waals surface area contributed by atoms with E-state index in [0.717, 1.165) is 24.2 Å². The highest BCUT2D eigenvalue weighted by molar-refractivity contribution is 5.92. The van der Waals surface area contributed by atoms with Gasteiger partial charge in [0.2, 0.25) is 5.91 Å². The number of aryl methyl sites for hydroxylation is 1. The van der Waals surface area contributed by atoms with Crippen molar-refractivity contribution in [3.05, 3.63) is 83.3 Å². The Morgan fingerprint density at radius 3 is 2.28 bits per heavy atom. The number of rotatable bonds is 10. The molecule has 10 heteroatoms. The molecule has 0 atom stereocenters. The maximum Gasteiger partial charge on any atom is 0.343 e. The van der Waals surface area contributed by atoms with E-state index in [-0.39, 0.29) is 17.6 Å². The summed E-state index contributed by atoms with van der Waals surface area (Å²) in [4.78, 5) is 46.3. The van der Waals surface area contributed by atoms with Gasteiger partial charge in [-0.15, -0.1) is 0 Å². The lowest BCUT2D eigenvalue weighted by Crippen LogP contribution is -2.50. The van der Waals surface area contributed by atoms with Crippen molar-refractivity contribution in [1.82, 2.24) is 4.90 Å². The van der Waals surface area contributed by atoms with Crippen LogP contribution in [0.3, 0.4) is 0 Å². The third kappa shape index (κ3) is 7.47. The molecule has 204 valence electrons. The number of carbonyl (C=O) groups excluding carboxylic acids is 2. The molecule has 1 saturated heterocycles. The van der Waals surface area contributed by atoms with Gasteiger partial charge < -0.3 is 25.2 Å². The lowest BCUT2D eigenvalue weighted by Gasteiger charge is -2.36. The van der Waals surface area contributed by atoms with Crippen molar-refractivity contribution in [2.75, 3.05) is 55.9 Å². The highest BCUT2D eigenvalue weighted by Gasteiger charge is 2.27. The molecule has 1 heterocycles. The number of benzene rings is 3. The summed E-state index contributed by atoms with van der Waals surface area (Å²) < 4.78 is 5.17. The third-order valence-electron chi connectivity index (χ3n) is 6.60. The number of carbonyl (C=O) groups is 2. The van der Waals surface area contributed by atoms with Gasteiger partial charge in [0.25, 0.3) is 4.92 Å². The van der Waals surface area contributed by atoms with Crippen LogP contribution in [0.5, 0.6) is 5.75 Å². The number of urea groups is 1. The fraction of sp³-hybridized carbons (Fsp3) is 0.310. The predicted molar refractivity (Wildman–Crippen MR) is 151 cm³/mol. The number of hydrogen-bond donors (Lipinski definition) is 2. The molecular weight excluding hydrogens is 498 g/mol. The van der Waals surface area contributed by atoms with Crippen molar-refractivity contribution < 1.29 is 24.1 Å². The second-order valence-electron chi connectivity index (χ2n) is 9.16. The zero-order valence-corrected chi connectivity index (χ0v) is 22.3. The Morgan fingerprint density at radius 1 is 0.897 bits per heavy atom. The zero-order chi connectivity index (χ0) is 27.6. The minimum absolute atomic E-state index is 0.00363.